The third-order valence-corrected chi connectivity index (χ3v) is 26.4. The van der Waals surface area contributed by atoms with Crippen molar-refractivity contribution in [3.05, 3.63) is 47.6 Å². The molecule has 0 saturated carbocycles. The lowest BCUT2D eigenvalue weighted by atomic mass is 9.84. The highest BCUT2D eigenvalue weighted by atomic mass is 16.5. The lowest BCUT2D eigenvalue weighted by Gasteiger charge is -2.23. The van der Waals surface area contributed by atoms with Crippen molar-refractivity contribution >= 4 is 29.8 Å². The van der Waals surface area contributed by atoms with Gasteiger partial charge in [-0.2, -0.15) is 0 Å². The average molecular weight is 1730 g/mol. The summed E-state index contributed by atoms with van der Waals surface area (Å²) in [5.74, 6) is 6.44. The van der Waals surface area contributed by atoms with Gasteiger partial charge in [0.25, 0.3) is 0 Å². The lowest BCUT2D eigenvalue weighted by molar-refractivity contribution is -0.144. The zero-order chi connectivity index (χ0) is 90.8. The van der Waals surface area contributed by atoms with Gasteiger partial charge in [0.1, 0.15) is 26.4 Å². The van der Waals surface area contributed by atoms with E-state index in [4.69, 9.17) is 18.9 Å². The SMILES string of the molecule is CCCCCCC(CC=CCOC(=O)CCCCCCCN(CCCCCCCC(=O)OCC=CCC(CCCCCC)CCCC(CC)CC(C)CCCC(C)CCCC(C)CCCC(C)=CCOC(=O)CCCN(CCCC(=O)OCC=C(C)CCCC(C)CCCC(C)CCCC(C)C)C(=O)CCCN(C)C)CCCCN(C)C)CCCCCC. The second-order valence-corrected chi connectivity index (χ2v) is 40.3. The van der Waals surface area contributed by atoms with Crippen LogP contribution < -0.4 is 0 Å². The van der Waals surface area contributed by atoms with E-state index in [-0.39, 0.29) is 49.2 Å². The van der Waals surface area contributed by atoms with Crippen LogP contribution in [0.4, 0.5) is 0 Å². The second kappa shape index (κ2) is 86.2. The zero-order valence-corrected chi connectivity index (χ0v) is 84.8. The molecule has 0 aromatic carbocycles. The van der Waals surface area contributed by atoms with Crippen LogP contribution in [0.2, 0.25) is 0 Å². The number of esters is 4. The Morgan fingerprint density at radius 2 is 0.585 bits per heavy atom. The topological polar surface area (TPSA) is 135 Å². The molecule has 0 N–H and O–H groups in total. The third-order valence-electron chi connectivity index (χ3n) is 26.4. The molecule has 0 bridgehead atoms. The van der Waals surface area contributed by atoms with E-state index in [0.29, 0.717) is 76.9 Å². The van der Waals surface area contributed by atoms with Gasteiger partial charge < -0.3 is 38.5 Å². The van der Waals surface area contributed by atoms with Crippen LogP contribution in [0, 0.1) is 53.3 Å². The number of rotatable bonds is 91. The summed E-state index contributed by atoms with van der Waals surface area (Å²) in [5, 5.41) is 0. The Kier molecular flexibility index (Phi) is 83.6. The fourth-order valence-electron chi connectivity index (χ4n) is 17.9. The Hall–Kier alpha value is -3.81. The van der Waals surface area contributed by atoms with Gasteiger partial charge in [0.05, 0.1) is 0 Å². The fourth-order valence-corrected chi connectivity index (χ4v) is 17.9. The van der Waals surface area contributed by atoms with Gasteiger partial charge in [-0.3, -0.25) is 24.0 Å². The molecule has 0 fully saturated rings. The summed E-state index contributed by atoms with van der Waals surface area (Å²) in [4.78, 5) is 73.2. The van der Waals surface area contributed by atoms with E-state index < -0.39 is 0 Å². The lowest BCUT2D eigenvalue weighted by Crippen LogP contribution is -2.34. The maximum atomic E-state index is 13.4. The first-order chi connectivity index (χ1) is 59.4. The molecule has 13 nitrogen and oxygen atoms in total. The average Bonchev–Trinajstić information content (AvgIpc) is 1.78. The van der Waals surface area contributed by atoms with Crippen molar-refractivity contribution in [2.45, 2.75) is 475 Å². The number of allylic oxidation sites excluding steroid dienone is 4. The third kappa shape index (κ3) is 82.4. The molecule has 0 aromatic rings. The molecule has 0 radical (unpaired) electrons. The minimum Gasteiger partial charge on any atom is -0.461 e. The number of hydrogen-bond donors (Lipinski definition) is 0. The highest BCUT2D eigenvalue weighted by molar-refractivity contribution is 5.76. The summed E-state index contributed by atoms with van der Waals surface area (Å²) >= 11 is 0. The van der Waals surface area contributed by atoms with E-state index in [0.717, 1.165) is 132 Å². The van der Waals surface area contributed by atoms with Crippen LogP contribution in [0.15, 0.2) is 47.6 Å². The largest absolute Gasteiger partial charge is 0.461 e. The van der Waals surface area contributed by atoms with Crippen molar-refractivity contribution in [2.24, 2.45) is 53.3 Å². The Balaban J connectivity index is 4.60. The number of unbranched alkanes of at least 4 members (excludes halogenated alkanes) is 18. The molecule has 0 spiro atoms. The van der Waals surface area contributed by atoms with Crippen molar-refractivity contribution in [1.29, 1.82) is 0 Å². The minimum atomic E-state index is -0.237. The van der Waals surface area contributed by atoms with E-state index in [1.807, 2.05) is 25.1 Å². The predicted octanol–water partition coefficient (Wildman–Crippen LogP) is 30.6. The molecule has 722 valence electrons. The van der Waals surface area contributed by atoms with Crippen LogP contribution in [0.25, 0.3) is 0 Å². The van der Waals surface area contributed by atoms with Crippen molar-refractivity contribution in [1.82, 2.24) is 19.6 Å². The number of ether oxygens (including phenoxy) is 4. The molecule has 7 unspecified atom stereocenters. The molecule has 123 heavy (non-hydrogen) atoms. The molecule has 7 atom stereocenters. The quantitative estimate of drug-likeness (QED) is 0.0248. The fraction of sp³-hybridized carbons (Fsp3) is 0.882. The number of carbonyl (C=O) groups is 5. The molecule has 13 heteroatoms. The van der Waals surface area contributed by atoms with E-state index in [2.05, 4.69) is 149 Å². The summed E-state index contributed by atoms with van der Waals surface area (Å²) in [6, 6.07) is 0. The predicted molar refractivity (Wildman–Crippen MR) is 531 cm³/mol. The molecule has 0 aliphatic heterocycles. The van der Waals surface area contributed by atoms with Gasteiger partial charge in [-0.25, -0.2) is 0 Å². The molecule has 0 saturated heterocycles. The van der Waals surface area contributed by atoms with Crippen LogP contribution in [0.3, 0.4) is 0 Å². The summed E-state index contributed by atoms with van der Waals surface area (Å²) < 4.78 is 22.5. The van der Waals surface area contributed by atoms with Crippen molar-refractivity contribution in [3.63, 3.8) is 0 Å². The van der Waals surface area contributed by atoms with Crippen molar-refractivity contribution in [2.75, 3.05) is 100 Å². The van der Waals surface area contributed by atoms with E-state index in [1.165, 1.54) is 294 Å². The highest BCUT2D eigenvalue weighted by Gasteiger charge is 2.20. The standard InChI is InChI=1S/C110H208N4O9/c1-18-22-25-34-69-104(70-35-26-23-19-2)72-39-45-90-120-107(116)77-37-30-28-32-41-85-113(87-44-43-83-111(14)15)86-42-33-29-31-38-78-108(117)121-91-46-40-73-105(71-36-27-24-20-3)75-53-74-103(21-4)94-102(13)68-52-65-99(10)62-49-61-98(9)64-51-67-101(12)82-93-123-110(119)80-56-89-114(106(115)76-54-84-112(16)17)88-55-79-109(118)122-92-81-100(11)66-50-63-97(8)60-48-59-96(7)58-47-57-95(5)6/h39-40,45-46,81-82,95-99,102-105H,18-38,41-44,47-80,83-94H2,1-17H3. The Morgan fingerprint density at radius 3 is 0.984 bits per heavy atom. The van der Waals surface area contributed by atoms with Crippen molar-refractivity contribution in [3.8, 4) is 0 Å². The molecular formula is C110H208N4O9. The van der Waals surface area contributed by atoms with E-state index >= 15 is 0 Å². The number of carbonyl (C=O) groups excluding carboxylic acids is 5. The number of amides is 1. The first-order valence-electron chi connectivity index (χ1n) is 52.9. The van der Waals surface area contributed by atoms with Gasteiger partial charge in [0, 0.05) is 45.2 Å². The smallest absolute Gasteiger partial charge is 0.306 e. The Morgan fingerprint density at radius 1 is 0.276 bits per heavy atom. The molecule has 0 aromatic heterocycles. The maximum Gasteiger partial charge on any atom is 0.306 e. The molecule has 0 aliphatic rings. The second-order valence-electron chi connectivity index (χ2n) is 40.3. The van der Waals surface area contributed by atoms with Gasteiger partial charge >= 0.3 is 23.9 Å². The summed E-state index contributed by atoms with van der Waals surface area (Å²) in [6.07, 6.45) is 81.9. The van der Waals surface area contributed by atoms with Gasteiger partial charge in [-0.05, 0) is 243 Å². The van der Waals surface area contributed by atoms with Gasteiger partial charge in [0.2, 0.25) is 5.91 Å². The first-order valence-corrected chi connectivity index (χ1v) is 52.9. The van der Waals surface area contributed by atoms with Crippen LogP contribution in [-0.2, 0) is 42.9 Å². The Bertz CT molecular complexity index is 2530. The van der Waals surface area contributed by atoms with Gasteiger partial charge in [0.15, 0.2) is 0 Å². The Labute approximate surface area is 764 Å². The van der Waals surface area contributed by atoms with Gasteiger partial charge in [-0.15, -0.1) is 0 Å². The summed E-state index contributed by atoms with van der Waals surface area (Å²) in [6.45, 7) is 38.2. The normalized spacial score (nSPS) is 14.1. The highest BCUT2D eigenvalue weighted by Crippen LogP contribution is 2.31. The first kappa shape index (κ1) is 119. The number of nitrogens with zero attached hydrogens (tertiary/aromatic N) is 4. The molecule has 0 heterocycles. The summed E-state index contributed by atoms with van der Waals surface area (Å²) in [5.41, 5.74) is 2.54. The monoisotopic (exact) mass is 1730 g/mol. The molecule has 0 aliphatic carbocycles. The zero-order valence-electron chi connectivity index (χ0n) is 84.8. The summed E-state index contributed by atoms with van der Waals surface area (Å²) in [7, 11) is 8.36. The van der Waals surface area contributed by atoms with Gasteiger partial charge in [-0.1, -0.05) is 362 Å². The molecular weight excluding hydrogens is 1520 g/mol. The van der Waals surface area contributed by atoms with E-state index in [1.54, 1.807) is 0 Å². The van der Waals surface area contributed by atoms with Crippen LogP contribution in [-0.4, -0.2) is 150 Å². The number of hydrogen-bond acceptors (Lipinski definition) is 12. The molecule has 1 amide bonds. The molecule has 0 rings (SSSR count). The minimum absolute atomic E-state index is 0.0505. The van der Waals surface area contributed by atoms with Crippen molar-refractivity contribution < 1.29 is 42.9 Å². The maximum absolute atomic E-state index is 13.4. The van der Waals surface area contributed by atoms with E-state index in [9.17, 15) is 24.0 Å². The van der Waals surface area contributed by atoms with Crippen LogP contribution >= 0.6 is 0 Å². The van der Waals surface area contributed by atoms with Crippen LogP contribution in [0.1, 0.15) is 475 Å². The van der Waals surface area contributed by atoms with Crippen LogP contribution in [0.5, 0.6) is 0 Å².